The third-order valence-corrected chi connectivity index (χ3v) is 4.89. The second-order valence-corrected chi connectivity index (χ2v) is 7.50. The molecule has 29 heavy (non-hydrogen) atoms. The number of carbonyl (C=O) groups excluding carboxylic acids is 1. The Labute approximate surface area is 175 Å². The summed E-state index contributed by atoms with van der Waals surface area (Å²) in [6, 6.07) is 7.84. The molecule has 0 atom stereocenters. The number of aliphatic imine (C=N–C) groups is 1. The fourth-order valence-corrected chi connectivity index (χ4v) is 3.25. The SMILES string of the molecule is CCNC(=NCCCCN1CCOCC1)NCCc1cccc(C(=O)N(C)C)c1. The minimum absolute atomic E-state index is 0.0341. The van der Waals surface area contributed by atoms with Gasteiger partial charge in [-0.1, -0.05) is 12.1 Å². The zero-order valence-corrected chi connectivity index (χ0v) is 18.2. The zero-order chi connectivity index (χ0) is 20.9. The molecule has 1 fully saturated rings. The average Bonchev–Trinajstić information content (AvgIpc) is 2.73. The molecule has 7 nitrogen and oxygen atoms in total. The highest BCUT2D eigenvalue weighted by Gasteiger charge is 2.09. The van der Waals surface area contributed by atoms with Crippen molar-refractivity contribution in [3.63, 3.8) is 0 Å². The quantitative estimate of drug-likeness (QED) is 0.353. The molecule has 1 amide bonds. The van der Waals surface area contributed by atoms with Gasteiger partial charge in [0.15, 0.2) is 5.96 Å². The molecule has 1 aromatic carbocycles. The molecule has 162 valence electrons. The van der Waals surface area contributed by atoms with Crippen LogP contribution in [-0.4, -0.2) is 88.2 Å². The topological polar surface area (TPSA) is 69.2 Å². The van der Waals surface area contributed by atoms with Gasteiger partial charge in [0.25, 0.3) is 5.91 Å². The third-order valence-electron chi connectivity index (χ3n) is 4.89. The van der Waals surface area contributed by atoms with Gasteiger partial charge in [-0.15, -0.1) is 0 Å². The van der Waals surface area contributed by atoms with E-state index in [-0.39, 0.29) is 5.91 Å². The summed E-state index contributed by atoms with van der Waals surface area (Å²) in [6.07, 6.45) is 3.09. The van der Waals surface area contributed by atoms with Crippen molar-refractivity contribution in [2.24, 2.45) is 4.99 Å². The summed E-state index contributed by atoms with van der Waals surface area (Å²) in [5, 5.41) is 6.70. The van der Waals surface area contributed by atoms with Crippen LogP contribution in [-0.2, 0) is 11.2 Å². The second-order valence-electron chi connectivity index (χ2n) is 7.50. The number of morpholine rings is 1. The molecule has 2 rings (SSSR count). The average molecular weight is 404 g/mol. The van der Waals surface area contributed by atoms with Gasteiger partial charge in [0.2, 0.25) is 0 Å². The number of hydrogen-bond donors (Lipinski definition) is 2. The van der Waals surface area contributed by atoms with Gasteiger partial charge in [-0.3, -0.25) is 14.7 Å². The number of carbonyl (C=O) groups is 1. The van der Waals surface area contributed by atoms with E-state index in [0.717, 1.165) is 88.8 Å². The predicted octanol–water partition coefficient (Wildman–Crippen LogP) is 1.60. The van der Waals surface area contributed by atoms with E-state index in [9.17, 15) is 4.79 Å². The van der Waals surface area contributed by atoms with Crippen LogP contribution in [0.25, 0.3) is 0 Å². The lowest BCUT2D eigenvalue weighted by Gasteiger charge is -2.26. The lowest BCUT2D eigenvalue weighted by molar-refractivity contribution is 0.0373. The van der Waals surface area contributed by atoms with Gasteiger partial charge in [-0.25, -0.2) is 0 Å². The van der Waals surface area contributed by atoms with Crippen molar-refractivity contribution in [3.8, 4) is 0 Å². The highest BCUT2D eigenvalue weighted by atomic mass is 16.5. The standard InChI is InChI=1S/C22H37N5O2/c1-4-23-22(24-11-5-6-13-27-14-16-29-17-15-27)25-12-10-19-8-7-9-20(18-19)21(28)26(2)3/h7-9,18H,4-6,10-17H2,1-3H3,(H2,23,24,25). The Kier molecular flexibility index (Phi) is 10.5. The molecule has 1 saturated heterocycles. The Morgan fingerprint density at radius 3 is 2.72 bits per heavy atom. The summed E-state index contributed by atoms with van der Waals surface area (Å²) in [5.41, 5.74) is 1.87. The van der Waals surface area contributed by atoms with Crippen molar-refractivity contribution < 1.29 is 9.53 Å². The van der Waals surface area contributed by atoms with E-state index in [2.05, 4.69) is 33.5 Å². The fourth-order valence-electron chi connectivity index (χ4n) is 3.25. The van der Waals surface area contributed by atoms with Crippen LogP contribution < -0.4 is 10.6 Å². The molecule has 0 aromatic heterocycles. The maximum Gasteiger partial charge on any atom is 0.253 e. The predicted molar refractivity (Wildman–Crippen MR) is 119 cm³/mol. The van der Waals surface area contributed by atoms with Gasteiger partial charge in [-0.05, 0) is 50.4 Å². The Bertz CT molecular complexity index is 642. The van der Waals surface area contributed by atoms with Crippen LogP contribution in [0.2, 0.25) is 0 Å². The molecule has 1 heterocycles. The smallest absolute Gasteiger partial charge is 0.253 e. The van der Waals surface area contributed by atoms with Crippen molar-refractivity contribution in [2.45, 2.75) is 26.2 Å². The molecular weight excluding hydrogens is 366 g/mol. The van der Waals surface area contributed by atoms with E-state index in [0.29, 0.717) is 0 Å². The largest absolute Gasteiger partial charge is 0.379 e. The van der Waals surface area contributed by atoms with Gasteiger partial charge in [-0.2, -0.15) is 0 Å². The highest BCUT2D eigenvalue weighted by molar-refractivity contribution is 5.94. The van der Waals surface area contributed by atoms with Crippen LogP contribution in [0.1, 0.15) is 35.7 Å². The van der Waals surface area contributed by atoms with Crippen molar-refractivity contribution in [3.05, 3.63) is 35.4 Å². The molecule has 1 aromatic rings. The second kappa shape index (κ2) is 13.2. The van der Waals surface area contributed by atoms with Crippen molar-refractivity contribution >= 4 is 11.9 Å². The lowest BCUT2D eigenvalue weighted by Crippen LogP contribution is -2.38. The van der Waals surface area contributed by atoms with E-state index in [4.69, 9.17) is 4.74 Å². The first-order valence-electron chi connectivity index (χ1n) is 10.7. The molecule has 0 bridgehead atoms. The first-order valence-corrected chi connectivity index (χ1v) is 10.7. The summed E-state index contributed by atoms with van der Waals surface area (Å²) >= 11 is 0. The number of amides is 1. The molecule has 0 saturated carbocycles. The Morgan fingerprint density at radius 2 is 2.00 bits per heavy atom. The normalized spacial score (nSPS) is 15.2. The molecule has 2 N–H and O–H groups in total. The number of hydrogen-bond acceptors (Lipinski definition) is 4. The van der Waals surface area contributed by atoms with Crippen LogP contribution in [0, 0.1) is 0 Å². The van der Waals surface area contributed by atoms with E-state index in [1.54, 1.807) is 19.0 Å². The molecule has 1 aliphatic heterocycles. The first kappa shape index (κ1) is 23.2. The number of nitrogens with one attached hydrogen (secondary N) is 2. The Balaban J connectivity index is 1.71. The van der Waals surface area contributed by atoms with Crippen molar-refractivity contribution in [1.29, 1.82) is 0 Å². The highest BCUT2D eigenvalue weighted by Crippen LogP contribution is 2.08. The number of rotatable bonds is 10. The molecular formula is C22H37N5O2. The number of benzene rings is 1. The molecule has 7 heteroatoms. The molecule has 1 aliphatic rings. The number of unbranched alkanes of at least 4 members (excludes halogenated alkanes) is 1. The molecule has 0 spiro atoms. The maximum absolute atomic E-state index is 12.1. The number of guanidine groups is 1. The zero-order valence-electron chi connectivity index (χ0n) is 18.2. The van der Waals surface area contributed by atoms with Gasteiger partial charge in [0.05, 0.1) is 13.2 Å². The third kappa shape index (κ3) is 8.83. The van der Waals surface area contributed by atoms with Crippen LogP contribution in [0.4, 0.5) is 0 Å². The minimum Gasteiger partial charge on any atom is -0.379 e. The van der Waals surface area contributed by atoms with Crippen LogP contribution in [0.5, 0.6) is 0 Å². The van der Waals surface area contributed by atoms with Gasteiger partial charge < -0.3 is 20.3 Å². The fraction of sp³-hybridized carbons (Fsp3) is 0.636. The van der Waals surface area contributed by atoms with Gasteiger partial charge in [0.1, 0.15) is 0 Å². The molecule has 0 unspecified atom stereocenters. The number of ether oxygens (including phenoxy) is 1. The lowest BCUT2D eigenvalue weighted by atomic mass is 10.1. The maximum atomic E-state index is 12.1. The summed E-state index contributed by atoms with van der Waals surface area (Å²) in [4.78, 5) is 20.9. The monoisotopic (exact) mass is 403 g/mol. The summed E-state index contributed by atoms with van der Waals surface area (Å²) in [6.45, 7) is 9.47. The van der Waals surface area contributed by atoms with Crippen LogP contribution in [0.3, 0.4) is 0 Å². The van der Waals surface area contributed by atoms with Crippen LogP contribution in [0.15, 0.2) is 29.3 Å². The molecule has 0 aliphatic carbocycles. The van der Waals surface area contributed by atoms with Crippen molar-refractivity contribution in [2.75, 3.05) is 66.6 Å². The van der Waals surface area contributed by atoms with Gasteiger partial charge in [0, 0.05) is 52.4 Å². The summed E-state index contributed by atoms with van der Waals surface area (Å²) in [7, 11) is 3.55. The Morgan fingerprint density at radius 1 is 1.21 bits per heavy atom. The van der Waals surface area contributed by atoms with Crippen LogP contribution >= 0.6 is 0 Å². The van der Waals surface area contributed by atoms with E-state index < -0.39 is 0 Å². The minimum atomic E-state index is 0.0341. The summed E-state index contributed by atoms with van der Waals surface area (Å²) in [5.74, 6) is 0.895. The first-order chi connectivity index (χ1) is 14.1. The van der Waals surface area contributed by atoms with Gasteiger partial charge >= 0.3 is 0 Å². The van der Waals surface area contributed by atoms with Crippen molar-refractivity contribution in [1.82, 2.24) is 20.4 Å². The Hall–Kier alpha value is -2.12. The molecule has 0 radical (unpaired) electrons. The van der Waals surface area contributed by atoms with E-state index in [1.807, 2.05) is 18.2 Å². The van der Waals surface area contributed by atoms with E-state index in [1.165, 1.54) is 0 Å². The summed E-state index contributed by atoms with van der Waals surface area (Å²) < 4.78 is 5.38. The van der Waals surface area contributed by atoms with E-state index >= 15 is 0 Å². The number of nitrogens with zero attached hydrogens (tertiary/aromatic N) is 3.